The van der Waals surface area contributed by atoms with Gasteiger partial charge in [-0.2, -0.15) is 0 Å². The fourth-order valence-corrected chi connectivity index (χ4v) is 3.19. The van der Waals surface area contributed by atoms with Gasteiger partial charge in [0.25, 0.3) is 0 Å². The Morgan fingerprint density at radius 1 is 0.619 bits per heavy atom. The Morgan fingerprint density at radius 3 is 2.19 bits per heavy atom. The molecule has 0 saturated heterocycles. The van der Waals surface area contributed by atoms with E-state index in [0.29, 0.717) is 0 Å². The molecule has 0 fully saturated rings. The number of hydrogen-bond acceptors (Lipinski definition) is 0. The van der Waals surface area contributed by atoms with Gasteiger partial charge in [0.1, 0.15) is 0 Å². The summed E-state index contributed by atoms with van der Waals surface area (Å²) in [6, 6.07) is 28.2. The Bertz CT molecular complexity index is 934. The molecule has 0 saturated carbocycles. The van der Waals surface area contributed by atoms with E-state index in [2.05, 4.69) is 85.8 Å². The van der Waals surface area contributed by atoms with Crippen LogP contribution in [0.25, 0.3) is 32.7 Å². The molecule has 0 atom stereocenters. The zero-order valence-corrected chi connectivity index (χ0v) is 12.0. The molecule has 0 spiro atoms. The molecule has 0 aliphatic rings. The van der Waals surface area contributed by atoms with Gasteiger partial charge in [0.2, 0.25) is 0 Å². The van der Waals surface area contributed by atoms with Crippen molar-refractivity contribution in [2.45, 2.75) is 6.92 Å². The van der Waals surface area contributed by atoms with Crippen molar-refractivity contribution in [1.82, 2.24) is 0 Å². The third-order valence-electron chi connectivity index (χ3n) is 4.18. The van der Waals surface area contributed by atoms with E-state index in [0.717, 1.165) is 0 Å². The Morgan fingerprint density at radius 2 is 1.33 bits per heavy atom. The second kappa shape index (κ2) is 4.75. The summed E-state index contributed by atoms with van der Waals surface area (Å²) in [7, 11) is 0. The third kappa shape index (κ3) is 1.92. The average Bonchev–Trinajstić information content (AvgIpc) is 2.55. The topological polar surface area (TPSA) is 0 Å². The standard InChI is InChI=1S/C21H16/c1-15-8-7-13-19-20(16-9-3-2-4-10-16)14-17-11-5-6-12-18(17)21(15)19/h2-14H,1H3. The lowest BCUT2D eigenvalue weighted by atomic mass is 9.91. The van der Waals surface area contributed by atoms with Crippen molar-refractivity contribution in [3.05, 3.63) is 84.4 Å². The number of fused-ring (bicyclic) bond motifs is 3. The van der Waals surface area contributed by atoms with Crippen molar-refractivity contribution in [1.29, 1.82) is 0 Å². The van der Waals surface area contributed by atoms with Crippen LogP contribution in [0.15, 0.2) is 78.9 Å². The van der Waals surface area contributed by atoms with Crippen LogP contribution in [0, 0.1) is 6.92 Å². The SMILES string of the molecule is Cc1cccc2c(-c3ccccc3)cc3ccccc3c12. The summed E-state index contributed by atoms with van der Waals surface area (Å²) in [6.07, 6.45) is 0. The molecular formula is C21H16. The van der Waals surface area contributed by atoms with Crippen molar-refractivity contribution in [2.75, 3.05) is 0 Å². The first kappa shape index (κ1) is 12.2. The highest BCUT2D eigenvalue weighted by molar-refractivity contribution is 6.15. The zero-order valence-electron chi connectivity index (χ0n) is 12.0. The molecular weight excluding hydrogens is 252 g/mol. The molecule has 0 radical (unpaired) electrons. The Labute approximate surface area is 124 Å². The van der Waals surface area contributed by atoms with Crippen molar-refractivity contribution >= 4 is 21.5 Å². The maximum absolute atomic E-state index is 2.31. The van der Waals surface area contributed by atoms with E-state index >= 15 is 0 Å². The van der Waals surface area contributed by atoms with E-state index in [1.165, 1.54) is 38.2 Å². The molecule has 21 heavy (non-hydrogen) atoms. The molecule has 0 amide bonds. The van der Waals surface area contributed by atoms with E-state index in [-0.39, 0.29) is 0 Å². The van der Waals surface area contributed by atoms with Gasteiger partial charge in [0.15, 0.2) is 0 Å². The quantitative estimate of drug-likeness (QED) is 0.373. The van der Waals surface area contributed by atoms with Gasteiger partial charge in [-0.3, -0.25) is 0 Å². The largest absolute Gasteiger partial charge is 0.0622 e. The Kier molecular flexibility index (Phi) is 2.75. The van der Waals surface area contributed by atoms with Gasteiger partial charge in [-0.15, -0.1) is 0 Å². The third-order valence-corrected chi connectivity index (χ3v) is 4.18. The molecule has 4 rings (SSSR count). The number of rotatable bonds is 1. The molecule has 0 heteroatoms. The first-order valence-electron chi connectivity index (χ1n) is 7.31. The van der Waals surface area contributed by atoms with Crippen LogP contribution in [0.1, 0.15) is 5.56 Å². The highest BCUT2D eigenvalue weighted by Crippen LogP contribution is 2.36. The summed E-state index contributed by atoms with van der Waals surface area (Å²) in [5.74, 6) is 0. The minimum Gasteiger partial charge on any atom is -0.0622 e. The maximum Gasteiger partial charge on any atom is -0.00699 e. The van der Waals surface area contributed by atoms with Crippen LogP contribution in [0.4, 0.5) is 0 Å². The number of aryl methyl sites for hydroxylation is 1. The van der Waals surface area contributed by atoms with Crippen LogP contribution in [0.3, 0.4) is 0 Å². The molecule has 0 nitrogen and oxygen atoms in total. The van der Waals surface area contributed by atoms with Crippen molar-refractivity contribution in [2.24, 2.45) is 0 Å². The molecule has 0 aliphatic carbocycles. The van der Waals surface area contributed by atoms with Crippen LogP contribution in [-0.2, 0) is 0 Å². The molecule has 100 valence electrons. The summed E-state index contributed by atoms with van der Waals surface area (Å²) < 4.78 is 0. The van der Waals surface area contributed by atoms with Gasteiger partial charge in [0, 0.05) is 0 Å². The maximum atomic E-state index is 2.31. The first-order valence-corrected chi connectivity index (χ1v) is 7.31. The van der Waals surface area contributed by atoms with E-state index in [1.807, 2.05) is 0 Å². The summed E-state index contributed by atoms with van der Waals surface area (Å²) in [6.45, 7) is 2.20. The second-order valence-corrected chi connectivity index (χ2v) is 5.51. The first-order chi connectivity index (χ1) is 10.3. The molecule has 0 aliphatic heterocycles. The van der Waals surface area contributed by atoms with Gasteiger partial charge >= 0.3 is 0 Å². The minimum absolute atomic E-state index is 1.28. The highest BCUT2D eigenvalue weighted by atomic mass is 14.1. The summed E-state index contributed by atoms with van der Waals surface area (Å²) >= 11 is 0. The molecule has 0 N–H and O–H groups in total. The monoisotopic (exact) mass is 268 g/mol. The highest BCUT2D eigenvalue weighted by Gasteiger charge is 2.09. The van der Waals surface area contributed by atoms with Crippen molar-refractivity contribution < 1.29 is 0 Å². The van der Waals surface area contributed by atoms with Crippen LogP contribution in [0.2, 0.25) is 0 Å². The minimum atomic E-state index is 1.28. The number of hydrogen-bond donors (Lipinski definition) is 0. The smallest absolute Gasteiger partial charge is 0.00699 e. The summed E-state index contributed by atoms with van der Waals surface area (Å²) in [5.41, 5.74) is 3.92. The van der Waals surface area contributed by atoms with Crippen LogP contribution < -0.4 is 0 Å². The van der Waals surface area contributed by atoms with Gasteiger partial charge in [-0.05, 0) is 51.2 Å². The normalized spacial score (nSPS) is 11.1. The molecule has 0 bridgehead atoms. The van der Waals surface area contributed by atoms with Crippen LogP contribution in [-0.4, -0.2) is 0 Å². The Hall–Kier alpha value is -2.60. The van der Waals surface area contributed by atoms with Crippen LogP contribution >= 0.6 is 0 Å². The molecule has 4 aromatic rings. The molecule has 0 heterocycles. The Balaban J connectivity index is 2.22. The lowest BCUT2D eigenvalue weighted by molar-refractivity contribution is 1.54. The predicted molar refractivity (Wildman–Crippen MR) is 91.6 cm³/mol. The lowest BCUT2D eigenvalue weighted by Crippen LogP contribution is -1.86. The summed E-state index contributed by atoms with van der Waals surface area (Å²) in [5, 5.41) is 5.35. The summed E-state index contributed by atoms with van der Waals surface area (Å²) in [4.78, 5) is 0. The lowest BCUT2D eigenvalue weighted by Gasteiger charge is -2.12. The average molecular weight is 268 g/mol. The van der Waals surface area contributed by atoms with Gasteiger partial charge in [0.05, 0.1) is 0 Å². The predicted octanol–water partition coefficient (Wildman–Crippen LogP) is 5.97. The van der Waals surface area contributed by atoms with Gasteiger partial charge in [-0.25, -0.2) is 0 Å². The number of benzene rings is 4. The fraction of sp³-hybridized carbons (Fsp3) is 0.0476. The van der Waals surface area contributed by atoms with Gasteiger partial charge in [-0.1, -0.05) is 72.8 Å². The van der Waals surface area contributed by atoms with Crippen molar-refractivity contribution in [3.63, 3.8) is 0 Å². The van der Waals surface area contributed by atoms with E-state index in [1.54, 1.807) is 0 Å². The molecule has 4 aromatic carbocycles. The van der Waals surface area contributed by atoms with Gasteiger partial charge < -0.3 is 0 Å². The van der Waals surface area contributed by atoms with E-state index < -0.39 is 0 Å². The molecule has 0 unspecified atom stereocenters. The zero-order chi connectivity index (χ0) is 14.2. The van der Waals surface area contributed by atoms with E-state index in [9.17, 15) is 0 Å². The fourth-order valence-electron chi connectivity index (χ4n) is 3.19. The van der Waals surface area contributed by atoms with E-state index in [4.69, 9.17) is 0 Å². The van der Waals surface area contributed by atoms with Crippen LogP contribution in [0.5, 0.6) is 0 Å². The molecule has 0 aromatic heterocycles. The van der Waals surface area contributed by atoms with Crippen molar-refractivity contribution in [3.8, 4) is 11.1 Å². The second-order valence-electron chi connectivity index (χ2n) is 5.51.